The lowest BCUT2D eigenvalue weighted by Gasteiger charge is -2.23. The van der Waals surface area contributed by atoms with Gasteiger partial charge in [0.15, 0.2) is 6.10 Å². The smallest absolute Gasteiger partial charge is 0.407 e. The second-order valence-corrected chi connectivity index (χ2v) is 4.15. The standard InChI is InChI=1S/C13H16N2O4/c1-3-18-13(17)14-7-9-4-5-11-10(6-9)15-12(16)8(2)19-11/h4-6,8H,3,7H2,1-2H3,(H,14,17)(H,15,16). The summed E-state index contributed by atoms with van der Waals surface area (Å²) in [7, 11) is 0. The summed E-state index contributed by atoms with van der Waals surface area (Å²) in [5.74, 6) is 0.454. The molecule has 0 fully saturated rings. The van der Waals surface area contributed by atoms with Crippen LogP contribution < -0.4 is 15.4 Å². The fourth-order valence-electron chi connectivity index (χ4n) is 1.72. The van der Waals surface area contributed by atoms with Crippen molar-refractivity contribution >= 4 is 17.7 Å². The number of rotatable bonds is 3. The quantitative estimate of drug-likeness (QED) is 0.870. The maximum atomic E-state index is 11.5. The third kappa shape index (κ3) is 3.15. The Balaban J connectivity index is 2.03. The topological polar surface area (TPSA) is 76.7 Å². The summed E-state index contributed by atoms with van der Waals surface area (Å²) in [5, 5.41) is 5.37. The van der Waals surface area contributed by atoms with E-state index in [1.54, 1.807) is 26.0 Å². The molecular formula is C13H16N2O4. The minimum Gasteiger partial charge on any atom is -0.479 e. The lowest BCUT2D eigenvalue weighted by atomic mass is 10.1. The Kier molecular flexibility index (Phi) is 3.89. The number of hydrogen-bond acceptors (Lipinski definition) is 4. The number of amides is 2. The zero-order valence-electron chi connectivity index (χ0n) is 10.9. The highest BCUT2D eigenvalue weighted by atomic mass is 16.5. The molecule has 6 heteroatoms. The van der Waals surface area contributed by atoms with Crippen LogP contribution in [-0.2, 0) is 16.1 Å². The van der Waals surface area contributed by atoms with Crippen molar-refractivity contribution in [3.8, 4) is 5.75 Å². The number of fused-ring (bicyclic) bond motifs is 1. The van der Waals surface area contributed by atoms with E-state index in [-0.39, 0.29) is 5.91 Å². The zero-order chi connectivity index (χ0) is 13.8. The molecule has 1 atom stereocenters. The van der Waals surface area contributed by atoms with E-state index in [2.05, 4.69) is 10.6 Å². The van der Waals surface area contributed by atoms with Crippen LogP contribution in [0.1, 0.15) is 19.4 Å². The first-order valence-electron chi connectivity index (χ1n) is 6.11. The SMILES string of the molecule is CCOC(=O)NCc1ccc2c(c1)NC(=O)C(C)O2. The Hall–Kier alpha value is -2.24. The van der Waals surface area contributed by atoms with Gasteiger partial charge in [-0.05, 0) is 31.5 Å². The Labute approximate surface area is 111 Å². The number of anilines is 1. The number of ether oxygens (including phenoxy) is 2. The predicted octanol–water partition coefficient (Wildman–Crippen LogP) is 1.65. The van der Waals surface area contributed by atoms with Crippen LogP contribution in [0.15, 0.2) is 18.2 Å². The Morgan fingerprint density at radius 2 is 2.32 bits per heavy atom. The zero-order valence-corrected chi connectivity index (χ0v) is 10.9. The molecule has 2 amide bonds. The van der Waals surface area contributed by atoms with E-state index in [1.165, 1.54) is 0 Å². The van der Waals surface area contributed by atoms with E-state index in [4.69, 9.17) is 9.47 Å². The molecule has 102 valence electrons. The number of alkyl carbamates (subject to hydrolysis) is 1. The van der Waals surface area contributed by atoms with E-state index >= 15 is 0 Å². The van der Waals surface area contributed by atoms with Crippen LogP contribution in [0.3, 0.4) is 0 Å². The number of nitrogens with one attached hydrogen (secondary N) is 2. The number of hydrogen-bond donors (Lipinski definition) is 2. The molecule has 2 N–H and O–H groups in total. The highest BCUT2D eigenvalue weighted by molar-refractivity contribution is 5.97. The molecule has 0 spiro atoms. The lowest BCUT2D eigenvalue weighted by Crippen LogP contribution is -2.34. The number of carbonyl (C=O) groups is 2. The largest absolute Gasteiger partial charge is 0.479 e. The van der Waals surface area contributed by atoms with Crippen LogP contribution in [0.2, 0.25) is 0 Å². The summed E-state index contributed by atoms with van der Waals surface area (Å²) >= 11 is 0. The van der Waals surface area contributed by atoms with Gasteiger partial charge in [-0.15, -0.1) is 0 Å². The third-order valence-electron chi connectivity index (χ3n) is 2.69. The minimum absolute atomic E-state index is 0.178. The first-order chi connectivity index (χ1) is 9.10. The molecule has 0 aromatic heterocycles. The highest BCUT2D eigenvalue weighted by Crippen LogP contribution is 2.30. The van der Waals surface area contributed by atoms with Gasteiger partial charge >= 0.3 is 6.09 Å². The van der Waals surface area contributed by atoms with Crippen molar-refractivity contribution in [2.75, 3.05) is 11.9 Å². The van der Waals surface area contributed by atoms with Crippen molar-refractivity contribution in [3.63, 3.8) is 0 Å². The molecule has 0 saturated heterocycles. The van der Waals surface area contributed by atoms with Crippen LogP contribution in [0, 0.1) is 0 Å². The molecule has 1 unspecified atom stereocenters. The van der Waals surface area contributed by atoms with Crippen molar-refractivity contribution in [1.29, 1.82) is 0 Å². The molecule has 1 aromatic rings. The van der Waals surface area contributed by atoms with E-state index in [9.17, 15) is 9.59 Å². The second kappa shape index (κ2) is 5.60. The molecular weight excluding hydrogens is 248 g/mol. The van der Waals surface area contributed by atoms with Crippen LogP contribution in [0.5, 0.6) is 5.75 Å². The molecule has 1 aliphatic heterocycles. The molecule has 1 heterocycles. The van der Waals surface area contributed by atoms with E-state index < -0.39 is 12.2 Å². The van der Waals surface area contributed by atoms with Gasteiger partial charge in [-0.25, -0.2) is 4.79 Å². The lowest BCUT2D eigenvalue weighted by molar-refractivity contribution is -0.122. The van der Waals surface area contributed by atoms with Gasteiger partial charge in [0, 0.05) is 6.54 Å². The van der Waals surface area contributed by atoms with Crippen LogP contribution in [0.25, 0.3) is 0 Å². The minimum atomic E-state index is -0.490. The van der Waals surface area contributed by atoms with Crippen LogP contribution >= 0.6 is 0 Å². The first kappa shape index (κ1) is 13.2. The van der Waals surface area contributed by atoms with Gasteiger partial charge in [-0.2, -0.15) is 0 Å². The summed E-state index contributed by atoms with van der Waals surface area (Å²) in [4.78, 5) is 22.7. The van der Waals surface area contributed by atoms with Gasteiger partial charge in [0.25, 0.3) is 5.91 Å². The Morgan fingerprint density at radius 1 is 1.53 bits per heavy atom. The van der Waals surface area contributed by atoms with Gasteiger partial charge in [0.2, 0.25) is 0 Å². The first-order valence-corrected chi connectivity index (χ1v) is 6.11. The second-order valence-electron chi connectivity index (χ2n) is 4.15. The number of carbonyl (C=O) groups excluding carboxylic acids is 2. The number of benzene rings is 1. The van der Waals surface area contributed by atoms with Crippen molar-refractivity contribution < 1.29 is 19.1 Å². The van der Waals surface area contributed by atoms with Gasteiger partial charge in [0.1, 0.15) is 5.75 Å². The van der Waals surface area contributed by atoms with E-state index in [1.807, 2.05) is 6.07 Å². The summed E-state index contributed by atoms with van der Waals surface area (Å²) in [6.45, 7) is 4.09. The van der Waals surface area contributed by atoms with Crippen molar-refractivity contribution in [1.82, 2.24) is 5.32 Å². The molecule has 0 bridgehead atoms. The molecule has 1 aliphatic rings. The summed E-state index contributed by atoms with van der Waals surface area (Å²) in [5.41, 5.74) is 1.47. The van der Waals surface area contributed by atoms with Gasteiger partial charge in [-0.3, -0.25) is 4.79 Å². The molecule has 1 aromatic carbocycles. The summed E-state index contributed by atoms with van der Waals surface area (Å²) in [6.07, 6.45) is -0.954. The molecule has 0 aliphatic carbocycles. The maximum Gasteiger partial charge on any atom is 0.407 e. The normalized spacial score (nSPS) is 16.9. The maximum absolute atomic E-state index is 11.5. The monoisotopic (exact) mass is 264 g/mol. The summed E-state index contributed by atoms with van der Waals surface area (Å²) in [6, 6.07) is 5.37. The highest BCUT2D eigenvalue weighted by Gasteiger charge is 2.23. The average Bonchev–Trinajstić information content (AvgIpc) is 2.38. The van der Waals surface area contributed by atoms with Gasteiger partial charge < -0.3 is 20.1 Å². The van der Waals surface area contributed by atoms with Crippen LogP contribution in [0.4, 0.5) is 10.5 Å². The van der Waals surface area contributed by atoms with Crippen molar-refractivity contribution in [2.24, 2.45) is 0 Å². The van der Waals surface area contributed by atoms with E-state index in [0.717, 1.165) is 5.56 Å². The predicted molar refractivity (Wildman–Crippen MR) is 69.0 cm³/mol. The molecule has 6 nitrogen and oxygen atoms in total. The van der Waals surface area contributed by atoms with Crippen LogP contribution in [-0.4, -0.2) is 24.7 Å². The van der Waals surface area contributed by atoms with Crippen molar-refractivity contribution in [2.45, 2.75) is 26.5 Å². The summed E-state index contributed by atoms with van der Waals surface area (Å²) < 4.78 is 10.2. The molecule has 19 heavy (non-hydrogen) atoms. The van der Waals surface area contributed by atoms with Crippen molar-refractivity contribution in [3.05, 3.63) is 23.8 Å². The van der Waals surface area contributed by atoms with Gasteiger partial charge in [0.05, 0.1) is 12.3 Å². The third-order valence-corrected chi connectivity index (χ3v) is 2.69. The fourth-order valence-corrected chi connectivity index (χ4v) is 1.72. The average molecular weight is 264 g/mol. The molecule has 2 rings (SSSR count). The Bertz CT molecular complexity index is 501. The fraction of sp³-hybridized carbons (Fsp3) is 0.385. The van der Waals surface area contributed by atoms with Gasteiger partial charge in [-0.1, -0.05) is 6.07 Å². The molecule has 0 radical (unpaired) electrons. The van der Waals surface area contributed by atoms with E-state index in [0.29, 0.717) is 24.6 Å². The Morgan fingerprint density at radius 3 is 3.05 bits per heavy atom. The molecule has 0 saturated carbocycles.